The lowest BCUT2D eigenvalue weighted by molar-refractivity contribution is 0.406. The summed E-state index contributed by atoms with van der Waals surface area (Å²) in [7, 11) is 0. The number of alkyl halides is 1. The first-order valence-electron chi connectivity index (χ1n) is 5.94. The molecule has 0 atom stereocenters. The highest BCUT2D eigenvalue weighted by Gasteiger charge is 2.13. The largest absolute Gasteiger partial charge is 0.451 e. The lowest BCUT2D eigenvalue weighted by Gasteiger charge is -2.10. The van der Waals surface area contributed by atoms with Gasteiger partial charge in [0, 0.05) is 5.88 Å². The highest BCUT2D eigenvalue weighted by atomic mass is 35.5. The normalized spacial score (nSPS) is 10.5. The van der Waals surface area contributed by atoms with Crippen molar-refractivity contribution < 1.29 is 13.5 Å². The van der Waals surface area contributed by atoms with E-state index in [0.29, 0.717) is 11.3 Å². The van der Waals surface area contributed by atoms with Gasteiger partial charge in [-0.25, -0.2) is 8.78 Å². The van der Waals surface area contributed by atoms with E-state index in [4.69, 9.17) is 16.3 Å². The van der Waals surface area contributed by atoms with Gasteiger partial charge in [0.15, 0.2) is 17.4 Å². The summed E-state index contributed by atoms with van der Waals surface area (Å²) in [6, 6.07) is 9.49. The van der Waals surface area contributed by atoms with E-state index in [0.717, 1.165) is 12.0 Å². The monoisotopic (exact) mass is 282 g/mol. The van der Waals surface area contributed by atoms with Gasteiger partial charge in [0.1, 0.15) is 5.75 Å². The SMILES string of the molecule is CCc1cccc(Oc2c(F)cc(CCl)cc2F)c1. The summed E-state index contributed by atoms with van der Waals surface area (Å²) in [5.41, 5.74) is 1.42. The van der Waals surface area contributed by atoms with Crippen molar-refractivity contribution >= 4 is 11.6 Å². The minimum atomic E-state index is -0.752. The third-order valence-electron chi connectivity index (χ3n) is 2.74. The molecule has 0 aliphatic heterocycles. The van der Waals surface area contributed by atoms with Crippen LogP contribution in [0.25, 0.3) is 0 Å². The third-order valence-corrected chi connectivity index (χ3v) is 3.05. The van der Waals surface area contributed by atoms with E-state index >= 15 is 0 Å². The summed E-state index contributed by atoms with van der Waals surface area (Å²) in [4.78, 5) is 0. The molecule has 19 heavy (non-hydrogen) atoms. The van der Waals surface area contributed by atoms with Crippen LogP contribution in [0.3, 0.4) is 0 Å². The fourth-order valence-electron chi connectivity index (χ4n) is 1.73. The molecule has 2 rings (SSSR count). The van der Waals surface area contributed by atoms with Crippen molar-refractivity contribution in [2.24, 2.45) is 0 Å². The maximum atomic E-state index is 13.7. The highest BCUT2D eigenvalue weighted by Crippen LogP contribution is 2.29. The van der Waals surface area contributed by atoms with Crippen molar-refractivity contribution in [1.82, 2.24) is 0 Å². The molecule has 0 saturated heterocycles. The first-order chi connectivity index (χ1) is 9.13. The van der Waals surface area contributed by atoms with Gasteiger partial charge in [-0.3, -0.25) is 0 Å². The smallest absolute Gasteiger partial charge is 0.198 e. The Morgan fingerprint density at radius 2 is 1.74 bits per heavy atom. The number of hydrogen-bond donors (Lipinski definition) is 0. The van der Waals surface area contributed by atoms with Gasteiger partial charge in [-0.15, -0.1) is 11.6 Å². The number of benzene rings is 2. The van der Waals surface area contributed by atoms with Gasteiger partial charge in [0.25, 0.3) is 0 Å². The van der Waals surface area contributed by atoms with Gasteiger partial charge >= 0.3 is 0 Å². The van der Waals surface area contributed by atoms with Crippen LogP contribution >= 0.6 is 11.6 Å². The zero-order chi connectivity index (χ0) is 13.8. The zero-order valence-electron chi connectivity index (χ0n) is 10.4. The van der Waals surface area contributed by atoms with Crippen molar-refractivity contribution in [3.05, 3.63) is 59.2 Å². The number of ether oxygens (including phenoxy) is 1. The lowest BCUT2D eigenvalue weighted by Crippen LogP contribution is -1.95. The topological polar surface area (TPSA) is 9.23 Å². The predicted octanol–water partition coefficient (Wildman–Crippen LogP) is 5.06. The van der Waals surface area contributed by atoms with E-state index in [1.54, 1.807) is 18.2 Å². The average molecular weight is 283 g/mol. The summed E-state index contributed by atoms with van der Waals surface area (Å²) in [6.07, 6.45) is 0.827. The molecule has 0 unspecified atom stereocenters. The fraction of sp³-hybridized carbons (Fsp3) is 0.200. The number of rotatable bonds is 4. The van der Waals surface area contributed by atoms with Crippen molar-refractivity contribution in [2.75, 3.05) is 0 Å². The fourth-order valence-corrected chi connectivity index (χ4v) is 1.89. The quantitative estimate of drug-likeness (QED) is 0.712. The Bertz CT molecular complexity index is 561. The molecule has 0 aliphatic carbocycles. The molecule has 0 radical (unpaired) electrons. The summed E-state index contributed by atoms with van der Waals surface area (Å²) in [5.74, 6) is -1.44. The molecule has 100 valence electrons. The molecule has 0 fully saturated rings. The van der Waals surface area contributed by atoms with Crippen LogP contribution in [-0.4, -0.2) is 0 Å². The van der Waals surface area contributed by atoms with Crippen molar-refractivity contribution in [3.8, 4) is 11.5 Å². The first kappa shape index (κ1) is 13.8. The Labute approximate surface area is 115 Å². The van der Waals surface area contributed by atoms with Gasteiger partial charge in [-0.05, 0) is 41.8 Å². The molecule has 0 amide bonds. The predicted molar refractivity (Wildman–Crippen MR) is 71.8 cm³/mol. The molecule has 0 aromatic heterocycles. The first-order valence-corrected chi connectivity index (χ1v) is 6.48. The second-order valence-corrected chi connectivity index (χ2v) is 4.39. The molecular weight excluding hydrogens is 270 g/mol. The molecule has 2 aromatic carbocycles. The van der Waals surface area contributed by atoms with E-state index in [-0.39, 0.29) is 5.88 Å². The van der Waals surface area contributed by atoms with Crippen LogP contribution in [0, 0.1) is 11.6 Å². The molecule has 0 heterocycles. The molecule has 4 heteroatoms. The molecule has 0 spiro atoms. The van der Waals surface area contributed by atoms with Crippen LogP contribution in [0.15, 0.2) is 36.4 Å². The van der Waals surface area contributed by atoms with Gasteiger partial charge < -0.3 is 4.74 Å². The summed E-state index contributed by atoms with van der Waals surface area (Å²) < 4.78 is 32.8. The maximum Gasteiger partial charge on any atom is 0.198 e. The molecule has 0 saturated carbocycles. The average Bonchev–Trinajstić information content (AvgIpc) is 2.42. The molecule has 0 aliphatic rings. The van der Waals surface area contributed by atoms with E-state index in [2.05, 4.69) is 0 Å². The van der Waals surface area contributed by atoms with Crippen LogP contribution in [0.2, 0.25) is 0 Å². The van der Waals surface area contributed by atoms with E-state index in [1.807, 2.05) is 13.0 Å². The van der Waals surface area contributed by atoms with E-state index < -0.39 is 17.4 Å². The second kappa shape index (κ2) is 6.02. The molecular formula is C15H13ClF2O. The van der Waals surface area contributed by atoms with Gasteiger partial charge in [0.05, 0.1) is 0 Å². The Morgan fingerprint density at radius 3 is 2.32 bits per heavy atom. The van der Waals surface area contributed by atoms with Crippen LogP contribution in [0.5, 0.6) is 11.5 Å². The second-order valence-electron chi connectivity index (χ2n) is 4.13. The van der Waals surface area contributed by atoms with Crippen LogP contribution < -0.4 is 4.74 Å². The Hall–Kier alpha value is -1.61. The van der Waals surface area contributed by atoms with Crippen LogP contribution in [0.4, 0.5) is 8.78 Å². The van der Waals surface area contributed by atoms with Gasteiger partial charge in [0.2, 0.25) is 0 Å². The Balaban J connectivity index is 2.32. The van der Waals surface area contributed by atoms with Crippen molar-refractivity contribution in [1.29, 1.82) is 0 Å². The molecule has 2 aromatic rings. The Morgan fingerprint density at radius 1 is 1.05 bits per heavy atom. The van der Waals surface area contributed by atoms with E-state index in [9.17, 15) is 8.78 Å². The number of halogens is 3. The third kappa shape index (κ3) is 3.24. The summed E-state index contributed by atoms with van der Waals surface area (Å²) in [5, 5.41) is 0. The Kier molecular flexibility index (Phi) is 4.38. The van der Waals surface area contributed by atoms with Gasteiger partial charge in [-0.1, -0.05) is 19.1 Å². The zero-order valence-corrected chi connectivity index (χ0v) is 11.2. The van der Waals surface area contributed by atoms with Crippen molar-refractivity contribution in [2.45, 2.75) is 19.2 Å². The summed E-state index contributed by atoms with van der Waals surface area (Å²) >= 11 is 5.55. The van der Waals surface area contributed by atoms with Gasteiger partial charge in [-0.2, -0.15) is 0 Å². The standard InChI is InChI=1S/C15H13ClF2O/c1-2-10-4-3-5-12(6-10)19-15-13(17)7-11(9-16)8-14(15)18/h3-8H,2,9H2,1H3. The molecule has 0 bridgehead atoms. The number of hydrogen-bond acceptors (Lipinski definition) is 1. The van der Waals surface area contributed by atoms with Crippen LogP contribution in [0.1, 0.15) is 18.1 Å². The van der Waals surface area contributed by atoms with Crippen LogP contribution in [-0.2, 0) is 12.3 Å². The minimum Gasteiger partial charge on any atom is -0.451 e. The van der Waals surface area contributed by atoms with Crippen molar-refractivity contribution in [3.63, 3.8) is 0 Å². The molecule has 0 N–H and O–H groups in total. The van der Waals surface area contributed by atoms with E-state index in [1.165, 1.54) is 12.1 Å². The number of aryl methyl sites for hydroxylation is 1. The highest BCUT2D eigenvalue weighted by molar-refractivity contribution is 6.17. The summed E-state index contributed by atoms with van der Waals surface area (Å²) in [6.45, 7) is 2.00. The molecule has 1 nitrogen and oxygen atoms in total. The lowest BCUT2D eigenvalue weighted by atomic mass is 10.1. The maximum absolute atomic E-state index is 13.7. The minimum absolute atomic E-state index is 0.0550.